The maximum atomic E-state index is 13.6. The molecule has 0 saturated carbocycles. The molecule has 15 heteroatoms. The molecular formula is C37H54N2O13. The minimum absolute atomic E-state index is 0.0339. The largest absolute Gasteiger partial charge is 0.465 e. The van der Waals surface area contributed by atoms with E-state index in [9.17, 15) is 34.1 Å². The van der Waals surface area contributed by atoms with Crippen LogP contribution in [0.2, 0.25) is 0 Å². The van der Waals surface area contributed by atoms with Gasteiger partial charge in [0.2, 0.25) is 0 Å². The molecule has 3 rings (SSSR count). The Morgan fingerprint density at radius 1 is 0.692 bits per heavy atom. The number of nitro benzene ring substituents is 1. The average molecular weight is 735 g/mol. The van der Waals surface area contributed by atoms with E-state index in [0.717, 1.165) is 0 Å². The Balaban J connectivity index is 2.28. The van der Waals surface area contributed by atoms with Crippen molar-refractivity contribution < 1.29 is 57.3 Å². The zero-order chi connectivity index (χ0) is 39.7. The summed E-state index contributed by atoms with van der Waals surface area (Å²) in [5.74, 6) is -3.41. The van der Waals surface area contributed by atoms with Gasteiger partial charge in [0.05, 0.1) is 39.2 Å². The van der Waals surface area contributed by atoms with E-state index in [1.54, 1.807) is 90.0 Å². The van der Waals surface area contributed by atoms with Crippen LogP contribution in [0.4, 0.5) is 5.69 Å². The molecule has 1 aromatic rings. The van der Waals surface area contributed by atoms with Gasteiger partial charge in [-0.15, -0.1) is 0 Å². The molecule has 0 N–H and O–H groups in total. The molecule has 0 amide bonds. The predicted octanol–water partition coefficient (Wildman–Crippen LogP) is 5.07. The summed E-state index contributed by atoms with van der Waals surface area (Å²) < 4.78 is 35.9. The Labute approximate surface area is 305 Å². The van der Waals surface area contributed by atoms with Gasteiger partial charge < -0.3 is 28.4 Å². The predicted molar refractivity (Wildman–Crippen MR) is 185 cm³/mol. The number of benzene rings is 1. The van der Waals surface area contributed by atoms with Gasteiger partial charge in [0.15, 0.2) is 24.5 Å². The number of esters is 5. The molecule has 290 valence electrons. The Kier molecular flexibility index (Phi) is 12.6. The zero-order valence-electron chi connectivity index (χ0n) is 32.5. The zero-order valence-corrected chi connectivity index (χ0v) is 32.5. The van der Waals surface area contributed by atoms with Crippen molar-refractivity contribution in [3.05, 3.63) is 39.9 Å². The number of hydrogen-bond acceptors (Lipinski definition) is 14. The van der Waals surface area contributed by atoms with E-state index in [2.05, 4.69) is 0 Å². The molecule has 1 aromatic carbocycles. The van der Waals surface area contributed by atoms with Gasteiger partial charge in [-0.3, -0.25) is 39.0 Å². The molecule has 2 saturated heterocycles. The number of carbonyl (C=O) groups excluding carboxylic acids is 5. The molecule has 2 aliphatic heterocycles. The number of nitro groups is 1. The number of nitrogens with zero attached hydrogens (tertiary/aromatic N) is 2. The first-order chi connectivity index (χ1) is 23.7. The number of carbonyl (C=O) groups is 5. The smallest absolute Gasteiger partial charge is 0.325 e. The van der Waals surface area contributed by atoms with E-state index >= 15 is 0 Å². The topological polar surface area (TPSA) is 187 Å². The van der Waals surface area contributed by atoms with Crippen molar-refractivity contribution >= 4 is 35.5 Å². The van der Waals surface area contributed by atoms with Crippen LogP contribution in [0.15, 0.2) is 24.3 Å². The maximum absolute atomic E-state index is 13.6. The number of hydrogen-bond donors (Lipinski definition) is 0. The quantitative estimate of drug-likeness (QED) is 0.102. The van der Waals surface area contributed by atoms with E-state index in [-0.39, 0.29) is 12.3 Å². The third kappa shape index (κ3) is 10.1. The van der Waals surface area contributed by atoms with Crippen LogP contribution in [0.3, 0.4) is 0 Å². The lowest BCUT2D eigenvalue weighted by molar-refractivity contribution is -0.384. The van der Waals surface area contributed by atoms with Crippen LogP contribution in [0.25, 0.3) is 0 Å². The summed E-state index contributed by atoms with van der Waals surface area (Å²) >= 11 is 0. The van der Waals surface area contributed by atoms with Crippen LogP contribution in [-0.4, -0.2) is 89.6 Å². The standard InChI is InChI=1S/C37H54N2O13/c1-14-47-29(40)24-23(20-15-17-21(18-16-20)39(45)46)38(24)28-27(52-33(44)37(11,12)13)26(51-32(43)36(8,9)10)25(50-31(42)35(5,6)7)22(49-28)19-48-30(41)34(2,3)4/h15-18,22-28H,14,19H2,1-13H3/t22-,23-,24-,25+,26+,27-,28-,38?/m1/s1. The lowest BCUT2D eigenvalue weighted by atomic mass is 9.92. The molecule has 2 fully saturated rings. The summed E-state index contributed by atoms with van der Waals surface area (Å²) in [6.07, 6.45) is -7.17. The van der Waals surface area contributed by atoms with Crippen LogP contribution in [-0.2, 0) is 52.4 Å². The second kappa shape index (κ2) is 15.5. The SMILES string of the molecule is CCOC(=O)[C@H]1[C@@H](c2ccc([N+](=O)[O-])cc2)N1[C@@H]1O[C@H](COC(=O)C(C)(C)C)[C@H](OC(=O)C(C)(C)C)[C@H](OC(=O)C(C)(C)C)[C@H]1OC(=O)C(C)(C)C. The Bertz CT molecular complexity index is 1510. The molecule has 2 heterocycles. The molecule has 2 aliphatic rings. The molecule has 0 aromatic heterocycles. The summed E-state index contributed by atoms with van der Waals surface area (Å²) in [5, 5.41) is 11.4. The van der Waals surface area contributed by atoms with Gasteiger partial charge in [0.25, 0.3) is 5.69 Å². The van der Waals surface area contributed by atoms with E-state index in [0.29, 0.717) is 5.56 Å². The molecule has 0 aliphatic carbocycles. The highest BCUT2D eigenvalue weighted by molar-refractivity contribution is 5.81. The summed E-state index contributed by atoms with van der Waals surface area (Å²) in [6, 6.07) is 3.72. The Morgan fingerprint density at radius 3 is 1.56 bits per heavy atom. The Morgan fingerprint density at radius 2 is 1.13 bits per heavy atom. The van der Waals surface area contributed by atoms with E-state index in [4.69, 9.17) is 28.4 Å². The van der Waals surface area contributed by atoms with Crippen LogP contribution in [0, 0.1) is 31.8 Å². The van der Waals surface area contributed by atoms with E-state index in [1.165, 1.54) is 29.2 Å². The van der Waals surface area contributed by atoms with E-state index in [1.807, 2.05) is 0 Å². The minimum Gasteiger partial charge on any atom is -0.465 e. The van der Waals surface area contributed by atoms with Crippen molar-refractivity contribution in [2.45, 2.75) is 133 Å². The van der Waals surface area contributed by atoms with Gasteiger partial charge in [-0.05, 0) is 95.6 Å². The summed E-state index contributed by atoms with van der Waals surface area (Å²) in [6.45, 7) is 20.7. The fourth-order valence-corrected chi connectivity index (χ4v) is 5.14. The molecule has 0 spiro atoms. The van der Waals surface area contributed by atoms with Crippen molar-refractivity contribution in [1.82, 2.24) is 4.90 Å². The van der Waals surface area contributed by atoms with Crippen LogP contribution >= 0.6 is 0 Å². The van der Waals surface area contributed by atoms with Crippen LogP contribution in [0.1, 0.15) is 102 Å². The van der Waals surface area contributed by atoms with Gasteiger partial charge in [0, 0.05) is 12.1 Å². The summed E-state index contributed by atoms with van der Waals surface area (Å²) in [4.78, 5) is 79.6. The monoisotopic (exact) mass is 734 g/mol. The summed E-state index contributed by atoms with van der Waals surface area (Å²) in [7, 11) is 0. The lowest BCUT2D eigenvalue weighted by Gasteiger charge is -2.46. The molecule has 1 unspecified atom stereocenters. The van der Waals surface area contributed by atoms with Crippen molar-refractivity contribution in [1.29, 1.82) is 0 Å². The third-order valence-corrected chi connectivity index (χ3v) is 8.29. The molecule has 8 atom stereocenters. The lowest BCUT2D eigenvalue weighted by Crippen LogP contribution is -2.65. The fraction of sp³-hybridized carbons (Fsp3) is 0.703. The van der Waals surface area contributed by atoms with Gasteiger partial charge >= 0.3 is 29.8 Å². The first kappa shape index (κ1) is 42.3. The molecular weight excluding hydrogens is 680 g/mol. The fourth-order valence-electron chi connectivity index (χ4n) is 5.14. The van der Waals surface area contributed by atoms with Gasteiger partial charge in [-0.2, -0.15) is 0 Å². The Hall–Kier alpha value is -4.11. The van der Waals surface area contributed by atoms with E-state index < -0.39 is 106 Å². The minimum atomic E-state index is -1.53. The van der Waals surface area contributed by atoms with Crippen LogP contribution < -0.4 is 0 Å². The van der Waals surface area contributed by atoms with Crippen molar-refractivity contribution in [2.75, 3.05) is 13.2 Å². The normalized spacial score (nSPS) is 26.4. The highest BCUT2D eigenvalue weighted by atomic mass is 16.7. The summed E-state index contributed by atoms with van der Waals surface area (Å²) in [5.41, 5.74) is -3.81. The molecule has 0 radical (unpaired) electrons. The second-order valence-corrected chi connectivity index (χ2v) is 17.2. The first-order valence-corrected chi connectivity index (χ1v) is 17.3. The van der Waals surface area contributed by atoms with Crippen molar-refractivity contribution in [3.63, 3.8) is 0 Å². The average Bonchev–Trinajstić information content (AvgIpc) is 3.75. The van der Waals surface area contributed by atoms with Gasteiger partial charge in [-0.1, -0.05) is 12.1 Å². The van der Waals surface area contributed by atoms with Gasteiger partial charge in [-0.25, -0.2) is 0 Å². The second-order valence-electron chi connectivity index (χ2n) is 17.2. The van der Waals surface area contributed by atoms with Crippen molar-refractivity contribution in [3.8, 4) is 0 Å². The van der Waals surface area contributed by atoms with Crippen molar-refractivity contribution in [2.24, 2.45) is 21.7 Å². The first-order valence-electron chi connectivity index (χ1n) is 17.3. The number of rotatable bonds is 10. The number of ether oxygens (including phenoxy) is 6. The number of non-ortho nitro benzene ring substituents is 1. The highest BCUT2D eigenvalue weighted by Crippen LogP contribution is 2.50. The maximum Gasteiger partial charge on any atom is 0.325 e. The molecule has 0 bridgehead atoms. The third-order valence-electron chi connectivity index (χ3n) is 8.29. The molecule has 15 nitrogen and oxygen atoms in total. The highest BCUT2D eigenvalue weighted by Gasteiger charge is 2.65. The van der Waals surface area contributed by atoms with Crippen LogP contribution in [0.5, 0.6) is 0 Å². The molecule has 52 heavy (non-hydrogen) atoms. The van der Waals surface area contributed by atoms with Gasteiger partial charge in [0.1, 0.15) is 18.8 Å².